The maximum absolute atomic E-state index is 14.8. The zero-order valence-corrected chi connectivity index (χ0v) is 20.3. The number of benzene rings is 2. The van der Waals surface area contributed by atoms with Crippen LogP contribution in [-0.4, -0.2) is 43.4 Å². The summed E-state index contributed by atoms with van der Waals surface area (Å²) in [5, 5.41) is 15.6. The number of ether oxygens (including phenoxy) is 1. The Morgan fingerprint density at radius 1 is 1.03 bits per heavy atom. The molecule has 13 heteroatoms. The molecular weight excluding hydrogens is 530 g/mol. The summed E-state index contributed by atoms with van der Waals surface area (Å²) in [4.78, 5) is 16.9. The molecule has 0 aliphatic heterocycles. The first kappa shape index (κ1) is 27.9. The van der Waals surface area contributed by atoms with Crippen LogP contribution in [0.3, 0.4) is 0 Å². The third-order valence-electron chi connectivity index (χ3n) is 6.26. The molecule has 7 nitrogen and oxygen atoms in total. The zero-order chi connectivity index (χ0) is 28.4. The maximum Gasteiger partial charge on any atom is 0.340 e. The largest absolute Gasteiger partial charge is 0.487 e. The molecule has 0 saturated carbocycles. The number of hydrogen-bond donors (Lipinski definition) is 1. The van der Waals surface area contributed by atoms with E-state index in [1.165, 1.54) is 71.4 Å². The molecule has 1 N–H and O–H groups in total. The molecule has 2 aromatic carbocycles. The van der Waals surface area contributed by atoms with E-state index in [4.69, 9.17) is 4.74 Å². The Balaban J connectivity index is 1.61. The van der Waals surface area contributed by atoms with Gasteiger partial charge in [0.1, 0.15) is 35.6 Å². The van der Waals surface area contributed by atoms with Gasteiger partial charge in [-0.2, -0.15) is 13.9 Å². The topological polar surface area (TPSA) is 82.2 Å². The minimum atomic E-state index is -4.30. The molecule has 2 aromatic heterocycles. The minimum absolute atomic E-state index is 0.0689. The summed E-state index contributed by atoms with van der Waals surface area (Å²) in [5.74, 6) is -6.22. The SMILES string of the molecule is C[C@@H](n1ccc(-c2ccc(OCC(F)(F)C(F)F)cc2)cc1=O)[C@](O)(Cn1cncn1)c1ccc(F)cc1F. The Kier molecular flexibility index (Phi) is 7.82. The zero-order valence-electron chi connectivity index (χ0n) is 20.3. The molecule has 0 fully saturated rings. The summed E-state index contributed by atoms with van der Waals surface area (Å²) >= 11 is 0. The van der Waals surface area contributed by atoms with Gasteiger partial charge in [0.15, 0.2) is 6.61 Å². The van der Waals surface area contributed by atoms with Crippen molar-refractivity contribution in [3.05, 3.63) is 101 Å². The summed E-state index contributed by atoms with van der Waals surface area (Å²) in [7, 11) is 0. The van der Waals surface area contributed by atoms with Gasteiger partial charge < -0.3 is 14.4 Å². The molecule has 0 saturated heterocycles. The van der Waals surface area contributed by atoms with E-state index in [0.717, 1.165) is 12.1 Å². The maximum atomic E-state index is 14.8. The van der Waals surface area contributed by atoms with Gasteiger partial charge >= 0.3 is 12.3 Å². The van der Waals surface area contributed by atoms with Gasteiger partial charge in [0.2, 0.25) is 0 Å². The van der Waals surface area contributed by atoms with Crippen molar-refractivity contribution in [1.82, 2.24) is 19.3 Å². The molecule has 0 spiro atoms. The van der Waals surface area contributed by atoms with Crippen molar-refractivity contribution in [2.45, 2.75) is 37.5 Å². The second-order valence-corrected chi connectivity index (χ2v) is 8.85. The molecule has 0 radical (unpaired) electrons. The predicted octanol–water partition coefficient (Wildman–Crippen LogP) is 4.81. The van der Waals surface area contributed by atoms with Crippen LogP contribution in [0, 0.1) is 11.6 Å². The molecule has 2 heterocycles. The summed E-state index contributed by atoms with van der Waals surface area (Å²) in [6, 6.07) is 9.91. The van der Waals surface area contributed by atoms with Crippen molar-refractivity contribution >= 4 is 0 Å². The normalized spacial score (nSPS) is 14.3. The first-order valence-corrected chi connectivity index (χ1v) is 11.5. The van der Waals surface area contributed by atoms with E-state index in [2.05, 4.69) is 10.1 Å². The second-order valence-electron chi connectivity index (χ2n) is 8.85. The number of aliphatic hydroxyl groups is 1. The van der Waals surface area contributed by atoms with Crippen LogP contribution in [0.4, 0.5) is 26.3 Å². The third-order valence-corrected chi connectivity index (χ3v) is 6.26. The Morgan fingerprint density at radius 2 is 1.74 bits per heavy atom. The van der Waals surface area contributed by atoms with Crippen LogP contribution in [0.1, 0.15) is 18.5 Å². The highest BCUT2D eigenvalue weighted by Gasteiger charge is 2.42. The standard InChI is InChI=1S/C26H22F6N4O3/c1-16(25(38,12-35-15-33-14-34-35)21-7-4-19(27)11-22(21)28)36-9-8-18(10-23(36)37)17-2-5-20(6-3-17)39-13-26(31,32)24(29)30/h2-11,14-16,24,38H,12-13H2,1H3/t16-,25-/m1/s1. The highest BCUT2D eigenvalue weighted by atomic mass is 19.3. The van der Waals surface area contributed by atoms with Gasteiger partial charge in [-0.25, -0.2) is 27.2 Å². The lowest BCUT2D eigenvalue weighted by atomic mass is 9.86. The van der Waals surface area contributed by atoms with Crippen LogP contribution in [-0.2, 0) is 12.1 Å². The smallest absolute Gasteiger partial charge is 0.340 e. The van der Waals surface area contributed by atoms with Gasteiger partial charge in [-0.3, -0.25) is 4.79 Å². The van der Waals surface area contributed by atoms with Gasteiger partial charge in [0.05, 0.1) is 12.6 Å². The quantitative estimate of drug-likeness (QED) is 0.286. The number of hydrogen-bond acceptors (Lipinski definition) is 5. The lowest BCUT2D eigenvalue weighted by molar-refractivity contribution is -0.148. The molecule has 0 bridgehead atoms. The molecule has 4 rings (SSSR count). The first-order chi connectivity index (χ1) is 18.4. The molecule has 0 unspecified atom stereocenters. The minimum Gasteiger partial charge on any atom is -0.487 e. The van der Waals surface area contributed by atoms with Gasteiger partial charge in [0, 0.05) is 23.9 Å². The van der Waals surface area contributed by atoms with Crippen LogP contribution in [0.15, 0.2) is 78.2 Å². The Morgan fingerprint density at radius 3 is 2.33 bits per heavy atom. The molecule has 206 valence electrons. The molecule has 0 aliphatic rings. The Labute approximate surface area is 217 Å². The van der Waals surface area contributed by atoms with Gasteiger partial charge in [-0.05, 0) is 42.3 Å². The third kappa shape index (κ3) is 5.98. The number of nitrogens with zero attached hydrogens (tertiary/aromatic N) is 4. The van der Waals surface area contributed by atoms with Crippen LogP contribution < -0.4 is 10.3 Å². The monoisotopic (exact) mass is 552 g/mol. The number of rotatable bonds is 10. The fourth-order valence-corrected chi connectivity index (χ4v) is 4.05. The first-order valence-electron chi connectivity index (χ1n) is 11.5. The van der Waals surface area contributed by atoms with E-state index < -0.39 is 47.8 Å². The van der Waals surface area contributed by atoms with E-state index in [1.807, 2.05) is 0 Å². The number of aromatic nitrogens is 4. The fraction of sp³-hybridized carbons (Fsp3) is 0.269. The Bertz CT molecular complexity index is 1480. The number of pyridine rings is 1. The summed E-state index contributed by atoms with van der Waals surface area (Å²) in [6.45, 7) is -0.316. The summed E-state index contributed by atoms with van der Waals surface area (Å²) in [5.41, 5.74) is -1.98. The number of alkyl halides is 4. The average Bonchev–Trinajstić information content (AvgIpc) is 3.40. The van der Waals surface area contributed by atoms with Gasteiger partial charge in [-0.1, -0.05) is 18.2 Å². The van der Waals surface area contributed by atoms with Crippen molar-refractivity contribution in [2.75, 3.05) is 6.61 Å². The van der Waals surface area contributed by atoms with E-state index in [0.29, 0.717) is 17.2 Å². The lowest BCUT2D eigenvalue weighted by Gasteiger charge is -2.35. The van der Waals surface area contributed by atoms with Crippen LogP contribution in [0.25, 0.3) is 11.1 Å². The van der Waals surface area contributed by atoms with Gasteiger partial charge in [-0.15, -0.1) is 0 Å². The summed E-state index contributed by atoms with van der Waals surface area (Å²) < 4.78 is 86.4. The van der Waals surface area contributed by atoms with E-state index in [1.54, 1.807) is 0 Å². The fourth-order valence-electron chi connectivity index (χ4n) is 4.05. The summed E-state index contributed by atoms with van der Waals surface area (Å²) in [6.07, 6.45) is 0.0313. The van der Waals surface area contributed by atoms with Crippen molar-refractivity contribution in [1.29, 1.82) is 0 Å². The predicted molar refractivity (Wildman–Crippen MR) is 128 cm³/mol. The van der Waals surface area contributed by atoms with E-state index in [-0.39, 0.29) is 17.9 Å². The molecule has 0 aliphatic carbocycles. The average molecular weight is 552 g/mol. The van der Waals surface area contributed by atoms with Crippen molar-refractivity contribution in [3.63, 3.8) is 0 Å². The molecular formula is C26H22F6N4O3. The van der Waals surface area contributed by atoms with E-state index in [9.17, 15) is 36.2 Å². The van der Waals surface area contributed by atoms with Crippen molar-refractivity contribution < 1.29 is 36.2 Å². The highest BCUT2D eigenvalue weighted by Crippen LogP contribution is 2.36. The molecule has 39 heavy (non-hydrogen) atoms. The number of halogens is 6. The molecule has 2 atom stereocenters. The Hall–Kier alpha value is -4.13. The van der Waals surface area contributed by atoms with Crippen molar-refractivity contribution in [2.24, 2.45) is 0 Å². The molecule has 0 amide bonds. The lowest BCUT2D eigenvalue weighted by Crippen LogP contribution is -2.43. The molecule has 4 aromatic rings. The van der Waals surface area contributed by atoms with Crippen LogP contribution in [0.5, 0.6) is 5.75 Å². The van der Waals surface area contributed by atoms with Crippen LogP contribution in [0.2, 0.25) is 0 Å². The van der Waals surface area contributed by atoms with Gasteiger partial charge in [0.25, 0.3) is 5.56 Å². The second kappa shape index (κ2) is 10.9. The van der Waals surface area contributed by atoms with E-state index >= 15 is 0 Å². The highest BCUT2D eigenvalue weighted by molar-refractivity contribution is 5.63. The van der Waals surface area contributed by atoms with Crippen molar-refractivity contribution in [3.8, 4) is 16.9 Å². The van der Waals surface area contributed by atoms with Crippen LogP contribution >= 0.6 is 0 Å².